The van der Waals surface area contributed by atoms with E-state index in [2.05, 4.69) is 25.7 Å². The number of aryl methyl sites for hydroxylation is 1. The molecule has 0 unspecified atom stereocenters. The Morgan fingerprint density at radius 3 is 2.96 bits per heavy atom. The topological polar surface area (TPSA) is 103 Å². The average Bonchev–Trinajstić information content (AvgIpc) is 3.26. The van der Waals surface area contributed by atoms with Crippen LogP contribution in [-0.4, -0.2) is 33.0 Å². The van der Waals surface area contributed by atoms with Crippen molar-refractivity contribution in [3.05, 3.63) is 42.4 Å². The first-order chi connectivity index (χ1) is 12.2. The molecule has 0 saturated carbocycles. The van der Waals surface area contributed by atoms with Gasteiger partial charge in [-0.3, -0.25) is 4.79 Å². The molecule has 0 fully saturated rings. The number of ether oxygens (including phenoxy) is 2. The molecular weight excluding hydrogens is 324 g/mol. The summed E-state index contributed by atoms with van der Waals surface area (Å²) in [5.41, 5.74) is 2.21. The van der Waals surface area contributed by atoms with E-state index >= 15 is 0 Å². The summed E-state index contributed by atoms with van der Waals surface area (Å²) in [4.78, 5) is 19.3. The van der Waals surface area contributed by atoms with E-state index in [1.54, 1.807) is 23.3 Å². The lowest BCUT2D eigenvalue weighted by atomic mass is 10.3. The number of anilines is 3. The summed E-state index contributed by atoms with van der Waals surface area (Å²) in [5.74, 6) is 2.41. The zero-order valence-corrected chi connectivity index (χ0v) is 13.3. The van der Waals surface area contributed by atoms with Crippen molar-refractivity contribution in [2.75, 3.05) is 17.4 Å². The molecule has 1 aliphatic heterocycles. The third-order valence-corrected chi connectivity index (χ3v) is 3.60. The van der Waals surface area contributed by atoms with Crippen LogP contribution in [0.3, 0.4) is 0 Å². The van der Waals surface area contributed by atoms with E-state index in [-0.39, 0.29) is 6.79 Å². The van der Waals surface area contributed by atoms with Gasteiger partial charge in [-0.2, -0.15) is 10.1 Å². The third-order valence-electron chi connectivity index (χ3n) is 3.60. The van der Waals surface area contributed by atoms with Crippen LogP contribution >= 0.6 is 0 Å². The van der Waals surface area contributed by atoms with Crippen molar-refractivity contribution in [2.45, 2.75) is 6.92 Å². The molecular formula is C16H14N6O3. The van der Waals surface area contributed by atoms with Gasteiger partial charge in [0.05, 0.1) is 18.1 Å². The van der Waals surface area contributed by atoms with Gasteiger partial charge >= 0.3 is 0 Å². The largest absolute Gasteiger partial charge is 0.454 e. The average molecular weight is 338 g/mol. The van der Waals surface area contributed by atoms with Gasteiger partial charge in [0.15, 0.2) is 17.3 Å². The number of rotatable bonds is 5. The highest BCUT2D eigenvalue weighted by Gasteiger charge is 2.14. The molecule has 2 aromatic heterocycles. The van der Waals surface area contributed by atoms with Crippen LogP contribution in [0.4, 0.5) is 17.3 Å². The zero-order chi connectivity index (χ0) is 17.2. The molecule has 0 saturated heterocycles. The second-order valence-electron chi connectivity index (χ2n) is 5.33. The van der Waals surface area contributed by atoms with Crippen LogP contribution in [0.15, 0.2) is 36.8 Å². The van der Waals surface area contributed by atoms with Crippen LogP contribution < -0.4 is 20.1 Å². The van der Waals surface area contributed by atoms with Crippen LogP contribution in [0.25, 0.3) is 5.82 Å². The highest BCUT2D eigenvalue weighted by molar-refractivity contribution is 5.70. The Balaban J connectivity index is 1.61. The second-order valence-corrected chi connectivity index (χ2v) is 5.33. The summed E-state index contributed by atoms with van der Waals surface area (Å²) < 4.78 is 12.2. The van der Waals surface area contributed by atoms with Gasteiger partial charge in [0, 0.05) is 23.5 Å². The smallest absolute Gasteiger partial charge is 0.231 e. The maximum absolute atomic E-state index is 10.5. The Morgan fingerprint density at radius 2 is 2.08 bits per heavy atom. The molecule has 25 heavy (non-hydrogen) atoms. The number of hydrogen-bond acceptors (Lipinski definition) is 7. The number of carbonyl (C=O) groups is 1. The highest BCUT2D eigenvalue weighted by Crippen LogP contribution is 2.34. The number of nitrogens with zero attached hydrogens (tertiary/aromatic N) is 4. The predicted molar refractivity (Wildman–Crippen MR) is 89.4 cm³/mol. The number of carbonyl (C=O) groups excluding carboxylic acids is 1. The summed E-state index contributed by atoms with van der Waals surface area (Å²) >= 11 is 0. The maximum Gasteiger partial charge on any atom is 0.231 e. The normalized spacial score (nSPS) is 12.0. The van der Waals surface area contributed by atoms with Gasteiger partial charge in [0.1, 0.15) is 0 Å². The minimum absolute atomic E-state index is 0.223. The lowest BCUT2D eigenvalue weighted by molar-refractivity contribution is -0.105. The van der Waals surface area contributed by atoms with E-state index in [0.29, 0.717) is 35.4 Å². The van der Waals surface area contributed by atoms with Crippen molar-refractivity contribution in [3.8, 4) is 17.3 Å². The van der Waals surface area contributed by atoms with Crippen molar-refractivity contribution in [3.63, 3.8) is 0 Å². The molecule has 1 aliphatic rings. The first kappa shape index (κ1) is 14.9. The molecule has 1 aromatic carbocycles. The molecule has 3 heterocycles. The second kappa shape index (κ2) is 6.11. The van der Waals surface area contributed by atoms with Gasteiger partial charge in [-0.15, -0.1) is 0 Å². The summed E-state index contributed by atoms with van der Waals surface area (Å²) in [5, 5.41) is 9.88. The molecule has 0 spiro atoms. The first-order valence-electron chi connectivity index (χ1n) is 7.48. The summed E-state index contributed by atoms with van der Waals surface area (Å²) in [7, 11) is 0. The molecule has 3 aromatic rings. The Hall–Kier alpha value is -3.62. The first-order valence-corrected chi connectivity index (χ1v) is 7.48. The standard InChI is InChI=1S/C16H14N6O3/c1-10-5-17-16(20-11-2-3-13-14(4-11)25-9-24-13)21-15(10)22-7-12(6-19-22)18-8-23/h2-8H,9H2,1H3,(H,18,23)(H,17,20,21). The zero-order valence-electron chi connectivity index (χ0n) is 13.3. The fraction of sp³-hybridized carbons (Fsp3) is 0.125. The summed E-state index contributed by atoms with van der Waals surface area (Å²) in [6.45, 7) is 2.11. The minimum Gasteiger partial charge on any atom is -0.454 e. The van der Waals surface area contributed by atoms with Gasteiger partial charge in [0.25, 0.3) is 0 Å². The number of aromatic nitrogens is 4. The van der Waals surface area contributed by atoms with E-state index in [0.717, 1.165) is 11.3 Å². The van der Waals surface area contributed by atoms with Crippen molar-refractivity contribution in [2.24, 2.45) is 0 Å². The van der Waals surface area contributed by atoms with Gasteiger partial charge in [0.2, 0.25) is 19.2 Å². The predicted octanol–water partition coefficient (Wildman–Crippen LogP) is 2.01. The lowest BCUT2D eigenvalue weighted by Gasteiger charge is -2.09. The molecule has 2 N–H and O–H groups in total. The fourth-order valence-corrected chi connectivity index (χ4v) is 2.41. The van der Waals surface area contributed by atoms with Crippen molar-refractivity contribution in [1.82, 2.24) is 19.7 Å². The molecule has 9 heteroatoms. The molecule has 126 valence electrons. The van der Waals surface area contributed by atoms with E-state index in [9.17, 15) is 4.79 Å². The Labute approximate surface area is 142 Å². The van der Waals surface area contributed by atoms with Crippen LogP contribution in [-0.2, 0) is 4.79 Å². The summed E-state index contributed by atoms with van der Waals surface area (Å²) in [6, 6.07) is 5.51. The van der Waals surface area contributed by atoms with Gasteiger partial charge in [-0.1, -0.05) is 0 Å². The minimum atomic E-state index is 0.223. The molecule has 4 rings (SSSR count). The van der Waals surface area contributed by atoms with Crippen LogP contribution in [0.2, 0.25) is 0 Å². The van der Waals surface area contributed by atoms with E-state index in [1.165, 1.54) is 0 Å². The highest BCUT2D eigenvalue weighted by atomic mass is 16.7. The van der Waals surface area contributed by atoms with Gasteiger partial charge < -0.3 is 20.1 Å². The van der Waals surface area contributed by atoms with Gasteiger partial charge in [-0.25, -0.2) is 9.67 Å². The number of benzene rings is 1. The van der Waals surface area contributed by atoms with Crippen molar-refractivity contribution < 1.29 is 14.3 Å². The molecule has 0 aliphatic carbocycles. The number of nitrogens with one attached hydrogen (secondary N) is 2. The van der Waals surface area contributed by atoms with Crippen molar-refractivity contribution in [1.29, 1.82) is 0 Å². The molecule has 1 amide bonds. The quantitative estimate of drug-likeness (QED) is 0.686. The molecule has 0 bridgehead atoms. The van der Waals surface area contributed by atoms with E-state index < -0.39 is 0 Å². The number of fused-ring (bicyclic) bond motifs is 1. The van der Waals surface area contributed by atoms with Gasteiger partial charge in [-0.05, 0) is 19.1 Å². The molecule has 0 atom stereocenters. The third kappa shape index (κ3) is 2.94. The Bertz CT molecular complexity index is 939. The summed E-state index contributed by atoms with van der Waals surface area (Å²) in [6.07, 6.45) is 5.52. The lowest BCUT2D eigenvalue weighted by Crippen LogP contribution is -2.05. The monoisotopic (exact) mass is 338 g/mol. The maximum atomic E-state index is 10.5. The van der Waals surface area contributed by atoms with Crippen molar-refractivity contribution >= 4 is 23.7 Å². The molecule has 9 nitrogen and oxygen atoms in total. The SMILES string of the molecule is Cc1cnc(Nc2ccc3c(c2)OCO3)nc1-n1cc(NC=O)cn1. The Kier molecular flexibility index (Phi) is 3.65. The van der Waals surface area contributed by atoms with E-state index in [4.69, 9.17) is 9.47 Å². The Morgan fingerprint density at radius 1 is 1.20 bits per heavy atom. The van der Waals surface area contributed by atoms with Crippen LogP contribution in [0.1, 0.15) is 5.56 Å². The molecule has 0 radical (unpaired) electrons. The number of hydrogen-bond donors (Lipinski definition) is 2. The van der Waals surface area contributed by atoms with Crippen LogP contribution in [0.5, 0.6) is 11.5 Å². The van der Waals surface area contributed by atoms with Crippen LogP contribution in [0, 0.1) is 6.92 Å². The van der Waals surface area contributed by atoms with E-state index in [1.807, 2.05) is 25.1 Å². The number of amides is 1. The fourth-order valence-electron chi connectivity index (χ4n) is 2.41.